The van der Waals surface area contributed by atoms with E-state index in [0.29, 0.717) is 0 Å². The summed E-state index contributed by atoms with van der Waals surface area (Å²) < 4.78 is 0.975. The molecule has 0 radical (unpaired) electrons. The van der Waals surface area contributed by atoms with Gasteiger partial charge in [-0.1, -0.05) is 15.9 Å². The number of Topliss-reactive ketones (excluding diaryl/α,β-unsaturated/α-hetero) is 1. The monoisotopic (exact) mass is 325 g/mol. The maximum atomic E-state index is 11.7. The van der Waals surface area contributed by atoms with Crippen molar-refractivity contribution >= 4 is 27.4 Å². The lowest BCUT2D eigenvalue weighted by molar-refractivity contribution is 0.0481. The van der Waals surface area contributed by atoms with Crippen molar-refractivity contribution in [3.63, 3.8) is 0 Å². The first-order valence-corrected chi connectivity index (χ1v) is 7.46. The van der Waals surface area contributed by atoms with E-state index in [2.05, 4.69) is 20.8 Å². The molecule has 3 nitrogen and oxygen atoms in total. The number of rotatable bonds is 2. The summed E-state index contributed by atoms with van der Waals surface area (Å²) >= 11 is 3.47. The van der Waals surface area contributed by atoms with Gasteiger partial charge in [0.1, 0.15) is 0 Å². The minimum absolute atomic E-state index is 0.0820. The molecule has 1 aliphatic rings. The maximum Gasteiger partial charge on any atom is 0.161 e. The molecule has 1 saturated heterocycles. The molecule has 0 bridgehead atoms. The quantitative estimate of drug-likeness (QED) is 0.847. The van der Waals surface area contributed by atoms with Crippen molar-refractivity contribution in [3.05, 3.63) is 28.2 Å². The zero-order chi connectivity index (χ0) is 14.0. The number of hydrogen-bond acceptors (Lipinski definition) is 3. The van der Waals surface area contributed by atoms with Gasteiger partial charge in [0.25, 0.3) is 0 Å². The summed E-state index contributed by atoms with van der Waals surface area (Å²) in [5.74, 6) is 0.0820. The molecule has 1 atom stereocenters. The van der Waals surface area contributed by atoms with E-state index in [-0.39, 0.29) is 5.78 Å². The predicted octanol–water partition coefficient (Wildman–Crippen LogP) is 3.39. The van der Waals surface area contributed by atoms with Crippen LogP contribution in [0.1, 0.15) is 43.5 Å². The molecular weight excluding hydrogens is 306 g/mol. The second-order valence-electron chi connectivity index (χ2n) is 5.56. The van der Waals surface area contributed by atoms with E-state index >= 15 is 0 Å². The van der Waals surface area contributed by atoms with Crippen LogP contribution in [0.25, 0.3) is 0 Å². The Hall–Kier alpha value is -0.870. The predicted molar refractivity (Wildman–Crippen MR) is 80.8 cm³/mol. The first kappa shape index (κ1) is 14.5. The van der Waals surface area contributed by atoms with Crippen LogP contribution in [0.15, 0.2) is 22.7 Å². The second kappa shape index (κ2) is 5.63. The Labute approximate surface area is 122 Å². The van der Waals surface area contributed by atoms with Gasteiger partial charge in [0.15, 0.2) is 5.78 Å². The number of carbonyl (C=O) groups is 1. The van der Waals surface area contributed by atoms with Crippen LogP contribution < -0.4 is 4.90 Å². The Morgan fingerprint density at radius 2 is 2.11 bits per heavy atom. The molecule has 1 fully saturated rings. The van der Waals surface area contributed by atoms with Crippen LogP contribution in [0.3, 0.4) is 0 Å². The summed E-state index contributed by atoms with van der Waals surface area (Å²) in [5, 5.41) is 10.1. The molecular formula is C15H20BrNO2. The van der Waals surface area contributed by atoms with Gasteiger partial charge in [-0.2, -0.15) is 0 Å². The van der Waals surface area contributed by atoms with Crippen LogP contribution in [0.2, 0.25) is 0 Å². The first-order valence-electron chi connectivity index (χ1n) is 6.67. The van der Waals surface area contributed by atoms with Gasteiger partial charge < -0.3 is 10.0 Å². The molecule has 1 unspecified atom stereocenters. The zero-order valence-corrected chi connectivity index (χ0v) is 13.0. The summed E-state index contributed by atoms with van der Waals surface area (Å²) in [6, 6.07) is 5.76. The SMILES string of the molecule is CC(=O)c1ccc(Br)cc1N1CCCC(C)(O)CC1. The molecule has 104 valence electrons. The zero-order valence-electron chi connectivity index (χ0n) is 11.4. The summed E-state index contributed by atoms with van der Waals surface area (Å²) in [7, 11) is 0. The summed E-state index contributed by atoms with van der Waals surface area (Å²) in [5.41, 5.74) is 1.14. The Bertz CT molecular complexity index is 485. The normalized spacial score (nSPS) is 24.1. The molecule has 1 aromatic rings. The van der Waals surface area contributed by atoms with Gasteiger partial charge in [0, 0.05) is 28.8 Å². The maximum absolute atomic E-state index is 11.7. The molecule has 0 spiro atoms. The third kappa shape index (κ3) is 3.57. The van der Waals surface area contributed by atoms with E-state index in [1.165, 1.54) is 0 Å². The third-order valence-electron chi connectivity index (χ3n) is 3.74. The summed E-state index contributed by atoms with van der Waals surface area (Å²) in [6.45, 7) is 5.15. The van der Waals surface area contributed by atoms with Crippen LogP contribution in [-0.4, -0.2) is 29.6 Å². The number of aliphatic hydroxyl groups is 1. The van der Waals surface area contributed by atoms with Gasteiger partial charge in [-0.15, -0.1) is 0 Å². The fourth-order valence-corrected chi connectivity index (χ4v) is 2.92. The van der Waals surface area contributed by atoms with Crippen molar-refractivity contribution in [2.24, 2.45) is 0 Å². The number of benzene rings is 1. The number of nitrogens with zero attached hydrogens (tertiary/aromatic N) is 1. The highest BCUT2D eigenvalue weighted by molar-refractivity contribution is 9.10. The molecule has 0 aliphatic carbocycles. The highest BCUT2D eigenvalue weighted by Gasteiger charge is 2.26. The molecule has 4 heteroatoms. The van der Waals surface area contributed by atoms with Crippen molar-refractivity contribution in [3.8, 4) is 0 Å². The highest BCUT2D eigenvalue weighted by Crippen LogP contribution is 2.30. The smallest absolute Gasteiger partial charge is 0.161 e. The lowest BCUT2D eigenvalue weighted by Gasteiger charge is -2.26. The lowest BCUT2D eigenvalue weighted by Crippen LogP contribution is -2.29. The number of halogens is 1. The van der Waals surface area contributed by atoms with Crippen molar-refractivity contribution < 1.29 is 9.90 Å². The number of anilines is 1. The fourth-order valence-electron chi connectivity index (χ4n) is 2.57. The summed E-state index contributed by atoms with van der Waals surface area (Å²) in [6.07, 6.45) is 2.49. The Morgan fingerprint density at radius 3 is 2.79 bits per heavy atom. The molecule has 2 rings (SSSR count). The number of carbonyl (C=O) groups excluding carboxylic acids is 1. The van der Waals surface area contributed by atoms with Crippen molar-refractivity contribution in [1.29, 1.82) is 0 Å². The Morgan fingerprint density at radius 1 is 1.37 bits per heavy atom. The van der Waals surface area contributed by atoms with Gasteiger partial charge >= 0.3 is 0 Å². The van der Waals surface area contributed by atoms with Crippen molar-refractivity contribution in [1.82, 2.24) is 0 Å². The van der Waals surface area contributed by atoms with Crippen LogP contribution >= 0.6 is 15.9 Å². The Kier molecular flexibility index (Phi) is 4.31. The molecule has 1 aliphatic heterocycles. The van der Waals surface area contributed by atoms with E-state index < -0.39 is 5.60 Å². The Balaban J connectivity index is 2.30. The molecule has 19 heavy (non-hydrogen) atoms. The molecule has 0 saturated carbocycles. The van der Waals surface area contributed by atoms with Crippen LogP contribution in [0.4, 0.5) is 5.69 Å². The van der Waals surface area contributed by atoms with Crippen LogP contribution in [-0.2, 0) is 0 Å². The fraction of sp³-hybridized carbons (Fsp3) is 0.533. The average Bonchev–Trinajstić information content (AvgIpc) is 2.49. The number of hydrogen-bond donors (Lipinski definition) is 1. The van der Waals surface area contributed by atoms with E-state index in [9.17, 15) is 9.90 Å². The van der Waals surface area contributed by atoms with Gasteiger partial charge in [-0.25, -0.2) is 0 Å². The molecule has 0 aromatic heterocycles. The third-order valence-corrected chi connectivity index (χ3v) is 4.24. The van der Waals surface area contributed by atoms with Crippen molar-refractivity contribution in [2.75, 3.05) is 18.0 Å². The molecule has 1 N–H and O–H groups in total. The van der Waals surface area contributed by atoms with Gasteiger partial charge in [0.05, 0.1) is 5.60 Å². The summed E-state index contributed by atoms with van der Waals surface area (Å²) in [4.78, 5) is 14.0. The first-order chi connectivity index (χ1) is 8.89. The van der Waals surface area contributed by atoms with E-state index in [0.717, 1.165) is 48.1 Å². The van der Waals surface area contributed by atoms with E-state index in [4.69, 9.17) is 0 Å². The van der Waals surface area contributed by atoms with Gasteiger partial charge in [0.2, 0.25) is 0 Å². The van der Waals surface area contributed by atoms with Crippen molar-refractivity contribution in [2.45, 2.75) is 38.7 Å². The van der Waals surface area contributed by atoms with Gasteiger partial charge in [-0.05, 0) is 51.3 Å². The van der Waals surface area contributed by atoms with E-state index in [1.807, 2.05) is 25.1 Å². The lowest BCUT2D eigenvalue weighted by atomic mass is 9.98. The van der Waals surface area contributed by atoms with Gasteiger partial charge in [-0.3, -0.25) is 4.79 Å². The molecule has 0 amide bonds. The molecule has 1 aromatic carbocycles. The standard InChI is InChI=1S/C15H20BrNO2/c1-11(18)13-5-4-12(16)10-14(13)17-8-3-6-15(2,19)7-9-17/h4-5,10,19H,3,6-9H2,1-2H3. The van der Waals surface area contributed by atoms with Crippen LogP contribution in [0.5, 0.6) is 0 Å². The second-order valence-corrected chi connectivity index (χ2v) is 6.47. The van der Waals surface area contributed by atoms with E-state index in [1.54, 1.807) is 6.92 Å². The van der Waals surface area contributed by atoms with Crippen LogP contribution in [0, 0.1) is 0 Å². The minimum atomic E-state index is -0.586. The average molecular weight is 326 g/mol. The number of ketones is 1. The minimum Gasteiger partial charge on any atom is -0.390 e. The molecule has 1 heterocycles. The topological polar surface area (TPSA) is 40.5 Å². The largest absolute Gasteiger partial charge is 0.390 e. The highest BCUT2D eigenvalue weighted by atomic mass is 79.9.